The molecule has 1 saturated heterocycles. The topological polar surface area (TPSA) is 55.4 Å². The van der Waals surface area contributed by atoms with E-state index in [4.69, 9.17) is 4.74 Å². The lowest BCUT2D eigenvalue weighted by molar-refractivity contribution is -0.139. The molecular weight excluding hydrogens is 379 g/mol. The summed E-state index contributed by atoms with van der Waals surface area (Å²) in [6.07, 6.45) is 1.86. The number of rotatable bonds is 4. The van der Waals surface area contributed by atoms with E-state index in [1.807, 2.05) is 6.92 Å². The Morgan fingerprint density at radius 3 is 2.52 bits per heavy atom. The summed E-state index contributed by atoms with van der Waals surface area (Å²) in [6, 6.07) is 3.68. The Morgan fingerprint density at radius 1 is 1.22 bits per heavy atom. The lowest BCUT2D eigenvalue weighted by atomic mass is 9.76. The minimum atomic E-state index is -4.59. The zero-order valence-corrected chi connectivity index (χ0v) is 15.6. The molecule has 8 heteroatoms. The molecule has 2 aliphatic rings. The molecule has 2 amide bonds. The molecule has 0 radical (unpaired) electrons. The molecule has 3 rings (SSSR count). The number of halogens is 3. The predicted octanol–water partition coefficient (Wildman–Crippen LogP) is 5.38. The summed E-state index contributed by atoms with van der Waals surface area (Å²) in [5.41, 5.74) is -0.808. The van der Waals surface area contributed by atoms with Crippen LogP contribution in [0.15, 0.2) is 23.1 Å². The minimum absolute atomic E-state index is 0.0662. The van der Waals surface area contributed by atoms with Gasteiger partial charge in [-0.1, -0.05) is 32.3 Å². The predicted molar refractivity (Wildman–Crippen MR) is 97.2 cm³/mol. The molecule has 2 fully saturated rings. The van der Waals surface area contributed by atoms with Crippen molar-refractivity contribution >= 4 is 29.0 Å². The average Bonchev–Trinajstić information content (AvgIpc) is 2.91. The fourth-order valence-corrected chi connectivity index (χ4v) is 4.04. The number of carbonyl (C=O) groups is 2. The van der Waals surface area contributed by atoms with Crippen molar-refractivity contribution in [2.24, 2.45) is 5.41 Å². The van der Waals surface area contributed by atoms with Crippen molar-refractivity contribution < 1.29 is 27.5 Å². The van der Waals surface area contributed by atoms with Crippen LogP contribution in [0.2, 0.25) is 0 Å². The fraction of sp³-hybridized carbons (Fsp3) is 0.474. The summed E-state index contributed by atoms with van der Waals surface area (Å²) in [4.78, 5) is 22.8. The van der Waals surface area contributed by atoms with E-state index in [2.05, 4.69) is 5.32 Å². The van der Waals surface area contributed by atoms with Crippen LogP contribution in [0.4, 0.5) is 18.0 Å². The van der Waals surface area contributed by atoms with Gasteiger partial charge in [-0.05, 0) is 48.4 Å². The van der Waals surface area contributed by atoms with Crippen molar-refractivity contribution in [1.82, 2.24) is 5.32 Å². The molecule has 0 atom stereocenters. The van der Waals surface area contributed by atoms with E-state index in [0.717, 1.165) is 38.2 Å². The van der Waals surface area contributed by atoms with Gasteiger partial charge in [-0.2, -0.15) is 13.2 Å². The summed E-state index contributed by atoms with van der Waals surface area (Å²) in [5.74, 6) is -0.819. The third-order valence-electron chi connectivity index (χ3n) is 4.89. The van der Waals surface area contributed by atoms with Crippen molar-refractivity contribution in [1.29, 1.82) is 0 Å². The maximum absolute atomic E-state index is 13.5. The van der Waals surface area contributed by atoms with Gasteiger partial charge in [0.2, 0.25) is 0 Å². The van der Waals surface area contributed by atoms with E-state index < -0.39 is 22.9 Å². The average molecular weight is 399 g/mol. The number of ether oxygens (including phenoxy) is 1. The molecule has 1 aromatic carbocycles. The molecule has 0 spiro atoms. The summed E-state index contributed by atoms with van der Waals surface area (Å²) in [5, 5.41) is 1.54. The SMILES string of the molecule is CC1(COc2ccc(C=C3SC(=O)NC3=O)cc2C(F)(F)F)CCCCC1. The molecule has 1 N–H and O–H groups in total. The summed E-state index contributed by atoms with van der Waals surface area (Å²) < 4.78 is 46.1. The molecule has 146 valence electrons. The van der Waals surface area contributed by atoms with Crippen LogP contribution >= 0.6 is 11.8 Å². The lowest BCUT2D eigenvalue weighted by Crippen LogP contribution is -2.28. The van der Waals surface area contributed by atoms with Crippen molar-refractivity contribution in [3.05, 3.63) is 34.2 Å². The summed E-state index contributed by atoms with van der Waals surface area (Å²) in [7, 11) is 0. The summed E-state index contributed by atoms with van der Waals surface area (Å²) >= 11 is 0.664. The number of thioether (sulfide) groups is 1. The molecule has 1 aliphatic heterocycles. The van der Waals surface area contributed by atoms with Crippen molar-refractivity contribution in [3.63, 3.8) is 0 Å². The van der Waals surface area contributed by atoms with Crippen molar-refractivity contribution in [3.8, 4) is 5.75 Å². The Kier molecular flexibility index (Phi) is 5.55. The second-order valence-electron chi connectivity index (χ2n) is 7.27. The van der Waals surface area contributed by atoms with E-state index in [1.165, 1.54) is 18.2 Å². The number of alkyl halides is 3. The molecule has 1 aromatic rings. The third-order valence-corrected chi connectivity index (χ3v) is 5.70. The van der Waals surface area contributed by atoms with Gasteiger partial charge < -0.3 is 4.74 Å². The summed E-state index contributed by atoms with van der Waals surface area (Å²) in [6.45, 7) is 2.29. The highest BCUT2D eigenvalue weighted by molar-refractivity contribution is 8.18. The van der Waals surface area contributed by atoms with Gasteiger partial charge >= 0.3 is 6.18 Å². The number of nitrogens with one attached hydrogen (secondary N) is 1. The molecule has 0 unspecified atom stereocenters. The van der Waals surface area contributed by atoms with Crippen LogP contribution in [-0.4, -0.2) is 17.8 Å². The number of benzene rings is 1. The monoisotopic (exact) mass is 399 g/mol. The molecule has 27 heavy (non-hydrogen) atoms. The van der Waals surface area contributed by atoms with Gasteiger partial charge in [0.15, 0.2) is 0 Å². The van der Waals surface area contributed by atoms with E-state index in [0.29, 0.717) is 11.8 Å². The molecule has 4 nitrogen and oxygen atoms in total. The largest absolute Gasteiger partial charge is 0.492 e. The maximum Gasteiger partial charge on any atom is 0.419 e. The van der Waals surface area contributed by atoms with Crippen LogP contribution in [0.3, 0.4) is 0 Å². The Morgan fingerprint density at radius 2 is 1.93 bits per heavy atom. The normalized spacial score (nSPS) is 21.4. The molecule has 1 heterocycles. The maximum atomic E-state index is 13.5. The number of carbonyl (C=O) groups excluding carboxylic acids is 2. The fourth-order valence-electron chi connectivity index (χ4n) is 3.36. The smallest absolute Gasteiger partial charge is 0.419 e. The van der Waals surface area contributed by atoms with Crippen LogP contribution in [-0.2, 0) is 11.0 Å². The van der Waals surface area contributed by atoms with Crippen LogP contribution in [0.1, 0.15) is 50.2 Å². The van der Waals surface area contributed by atoms with Crippen LogP contribution in [0.25, 0.3) is 6.08 Å². The van der Waals surface area contributed by atoms with Crippen LogP contribution in [0.5, 0.6) is 5.75 Å². The van der Waals surface area contributed by atoms with E-state index in [1.54, 1.807) is 0 Å². The first-order chi connectivity index (χ1) is 12.7. The van der Waals surface area contributed by atoms with E-state index in [-0.39, 0.29) is 28.2 Å². The molecule has 0 bridgehead atoms. The first kappa shape index (κ1) is 19.8. The Balaban J connectivity index is 1.83. The van der Waals surface area contributed by atoms with Gasteiger partial charge in [0.1, 0.15) is 5.75 Å². The minimum Gasteiger partial charge on any atom is -0.492 e. The van der Waals surface area contributed by atoms with Crippen molar-refractivity contribution in [2.45, 2.75) is 45.2 Å². The Labute approximate surface area is 159 Å². The zero-order valence-electron chi connectivity index (χ0n) is 14.8. The standard InChI is InChI=1S/C19H20F3NO3S/c1-18(7-3-2-4-8-18)11-26-14-6-5-12(9-13(14)19(20,21)22)10-15-16(24)23-17(25)27-15/h5-6,9-10H,2-4,7-8,11H2,1H3,(H,23,24,25). The number of hydrogen-bond donors (Lipinski definition) is 1. The first-order valence-electron chi connectivity index (χ1n) is 8.75. The second kappa shape index (κ2) is 7.58. The van der Waals surface area contributed by atoms with Gasteiger partial charge in [-0.15, -0.1) is 0 Å². The number of amides is 2. The first-order valence-corrected chi connectivity index (χ1v) is 9.57. The quantitative estimate of drug-likeness (QED) is 0.691. The molecule has 1 saturated carbocycles. The van der Waals surface area contributed by atoms with Gasteiger partial charge in [0, 0.05) is 5.41 Å². The van der Waals surface area contributed by atoms with E-state index >= 15 is 0 Å². The highest BCUT2D eigenvalue weighted by Gasteiger charge is 2.36. The second-order valence-corrected chi connectivity index (χ2v) is 8.28. The van der Waals surface area contributed by atoms with Gasteiger partial charge in [-0.3, -0.25) is 14.9 Å². The molecule has 0 aromatic heterocycles. The molecular formula is C19H20F3NO3S. The van der Waals surface area contributed by atoms with Gasteiger partial charge in [0.05, 0.1) is 17.1 Å². The van der Waals surface area contributed by atoms with Crippen molar-refractivity contribution in [2.75, 3.05) is 6.61 Å². The zero-order chi connectivity index (χ0) is 19.7. The lowest BCUT2D eigenvalue weighted by Gasteiger charge is -2.33. The number of hydrogen-bond acceptors (Lipinski definition) is 4. The third kappa shape index (κ3) is 4.86. The Bertz CT molecular complexity index is 783. The van der Waals surface area contributed by atoms with E-state index in [9.17, 15) is 22.8 Å². The number of imide groups is 1. The van der Waals surface area contributed by atoms with Crippen LogP contribution in [0, 0.1) is 5.41 Å². The van der Waals surface area contributed by atoms with Gasteiger partial charge in [0.25, 0.3) is 11.1 Å². The van der Waals surface area contributed by atoms with Crippen LogP contribution < -0.4 is 10.1 Å². The highest BCUT2D eigenvalue weighted by atomic mass is 32.2. The molecule has 1 aliphatic carbocycles. The van der Waals surface area contributed by atoms with Gasteiger partial charge in [-0.25, -0.2) is 0 Å². The Hall–Kier alpha value is -1.96. The highest BCUT2D eigenvalue weighted by Crippen LogP contribution is 2.40.